The van der Waals surface area contributed by atoms with Crippen molar-refractivity contribution in [3.05, 3.63) is 59.1 Å². The highest BCUT2D eigenvalue weighted by Gasteiger charge is 2.04. The van der Waals surface area contributed by atoms with E-state index in [2.05, 4.69) is 5.32 Å². The number of thioether (sulfide) groups is 1. The van der Waals surface area contributed by atoms with Crippen molar-refractivity contribution in [3.8, 4) is 0 Å². The average molecular weight is 300 g/mol. The molecule has 0 spiro atoms. The maximum Gasteiger partial charge on any atom is 0.288 e. The normalized spacial score (nSPS) is 10.7. The van der Waals surface area contributed by atoms with E-state index in [9.17, 15) is 8.78 Å². The lowest BCUT2D eigenvalue weighted by Gasteiger charge is -2.08. The highest BCUT2D eigenvalue weighted by Crippen LogP contribution is 2.26. The van der Waals surface area contributed by atoms with Crippen LogP contribution >= 0.6 is 23.4 Å². The van der Waals surface area contributed by atoms with Gasteiger partial charge in [0.15, 0.2) is 0 Å². The Labute approximate surface area is 120 Å². The van der Waals surface area contributed by atoms with E-state index < -0.39 is 5.76 Å². The molecule has 0 radical (unpaired) electrons. The third kappa shape index (κ3) is 4.73. The van der Waals surface area contributed by atoms with Crippen LogP contribution in [0.15, 0.2) is 53.4 Å². The summed E-state index contributed by atoms with van der Waals surface area (Å²) in [7, 11) is 0. The highest BCUT2D eigenvalue weighted by atomic mass is 35.5. The predicted octanol–water partition coefficient (Wildman–Crippen LogP) is 5.27. The van der Waals surface area contributed by atoms with E-state index in [1.54, 1.807) is 24.3 Å². The molecule has 0 bridgehead atoms. The van der Waals surface area contributed by atoms with Crippen molar-refractivity contribution in [2.45, 2.75) is 17.2 Å². The molecule has 2 rings (SSSR count). The van der Waals surface area contributed by atoms with Crippen LogP contribution in [0.3, 0.4) is 0 Å². The fourth-order valence-electron chi connectivity index (χ4n) is 1.61. The predicted molar refractivity (Wildman–Crippen MR) is 77.1 cm³/mol. The summed E-state index contributed by atoms with van der Waals surface area (Å²) < 4.78 is 24.3. The molecule has 0 heterocycles. The molecule has 0 aliphatic carbocycles. The summed E-state index contributed by atoms with van der Waals surface area (Å²) in [5.41, 5.74) is 1.96. The SMILES string of the molecule is FC(F)Sc1ccc(NCc2cccc(Cl)c2)cc1. The maximum atomic E-state index is 12.2. The first-order chi connectivity index (χ1) is 9.13. The molecule has 0 saturated heterocycles. The van der Waals surface area contributed by atoms with Crippen molar-refractivity contribution in [1.82, 2.24) is 0 Å². The molecule has 0 aromatic heterocycles. The van der Waals surface area contributed by atoms with Crippen LogP contribution in [0.25, 0.3) is 0 Å². The van der Waals surface area contributed by atoms with E-state index in [-0.39, 0.29) is 0 Å². The molecule has 0 atom stereocenters. The molecule has 1 N–H and O–H groups in total. The van der Waals surface area contributed by atoms with Crippen molar-refractivity contribution in [3.63, 3.8) is 0 Å². The summed E-state index contributed by atoms with van der Waals surface area (Å²) in [6.07, 6.45) is 0. The Bertz CT molecular complexity index is 531. The molecule has 2 aromatic rings. The number of nitrogens with one attached hydrogen (secondary N) is 1. The zero-order valence-corrected chi connectivity index (χ0v) is 11.5. The largest absolute Gasteiger partial charge is 0.381 e. The number of anilines is 1. The van der Waals surface area contributed by atoms with Gasteiger partial charge in [-0.25, -0.2) is 0 Å². The van der Waals surface area contributed by atoms with Gasteiger partial charge in [-0.05, 0) is 42.0 Å². The van der Waals surface area contributed by atoms with Crippen LogP contribution in [0, 0.1) is 0 Å². The summed E-state index contributed by atoms with van der Waals surface area (Å²) in [6, 6.07) is 14.5. The van der Waals surface area contributed by atoms with Crippen molar-refractivity contribution >= 4 is 29.1 Å². The third-order valence-corrected chi connectivity index (χ3v) is 3.42. The standard InChI is InChI=1S/C14H12ClF2NS/c15-11-3-1-2-10(8-11)9-18-12-4-6-13(7-5-12)19-14(16)17/h1-8,14,18H,9H2. The number of halogens is 3. The van der Waals surface area contributed by atoms with Crippen LogP contribution in [0.5, 0.6) is 0 Å². The summed E-state index contributed by atoms with van der Waals surface area (Å²) in [5.74, 6) is -2.38. The van der Waals surface area contributed by atoms with E-state index in [1.807, 2.05) is 24.3 Å². The summed E-state index contributed by atoms with van der Waals surface area (Å²) in [6.45, 7) is 0.641. The van der Waals surface area contributed by atoms with Gasteiger partial charge in [-0.2, -0.15) is 8.78 Å². The number of benzene rings is 2. The van der Waals surface area contributed by atoms with E-state index in [0.717, 1.165) is 11.3 Å². The Hall–Kier alpha value is -1.26. The van der Waals surface area contributed by atoms with Gasteiger partial charge in [0.2, 0.25) is 0 Å². The second kappa shape index (κ2) is 6.78. The second-order valence-corrected chi connectivity index (χ2v) is 5.39. The first-order valence-corrected chi connectivity index (χ1v) is 6.92. The van der Waals surface area contributed by atoms with Crippen molar-refractivity contribution in [1.29, 1.82) is 0 Å². The molecule has 0 fully saturated rings. The molecular weight excluding hydrogens is 288 g/mol. The van der Waals surface area contributed by atoms with Crippen molar-refractivity contribution in [2.75, 3.05) is 5.32 Å². The van der Waals surface area contributed by atoms with Gasteiger partial charge < -0.3 is 5.32 Å². The molecule has 1 nitrogen and oxygen atoms in total. The van der Waals surface area contributed by atoms with Gasteiger partial charge in [-0.1, -0.05) is 35.5 Å². The topological polar surface area (TPSA) is 12.0 Å². The van der Waals surface area contributed by atoms with Crippen LogP contribution < -0.4 is 5.32 Å². The van der Waals surface area contributed by atoms with Gasteiger partial charge in [0.1, 0.15) is 0 Å². The Morgan fingerprint density at radius 2 is 1.84 bits per heavy atom. The molecule has 5 heteroatoms. The summed E-state index contributed by atoms with van der Waals surface area (Å²) in [4.78, 5) is 0.559. The maximum absolute atomic E-state index is 12.2. The number of hydrogen-bond acceptors (Lipinski definition) is 2. The van der Waals surface area contributed by atoms with Crippen LogP contribution in [0.2, 0.25) is 5.02 Å². The molecule has 0 aliphatic rings. The minimum atomic E-state index is -2.38. The third-order valence-electron chi connectivity index (χ3n) is 2.47. The minimum absolute atomic E-state index is 0.545. The number of rotatable bonds is 5. The lowest BCUT2D eigenvalue weighted by atomic mass is 10.2. The van der Waals surface area contributed by atoms with E-state index in [1.165, 1.54) is 0 Å². The van der Waals surface area contributed by atoms with Crippen molar-refractivity contribution in [2.24, 2.45) is 0 Å². The van der Waals surface area contributed by atoms with Gasteiger partial charge in [0, 0.05) is 22.2 Å². The Morgan fingerprint density at radius 3 is 2.47 bits per heavy atom. The Kier molecular flexibility index (Phi) is 5.05. The van der Waals surface area contributed by atoms with E-state index in [4.69, 9.17) is 11.6 Å². The highest BCUT2D eigenvalue weighted by molar-refractivity contribution is 7.99. The fraction of sp³-hybridized carbons (Fsp3) is 0.143. The van der Waals surface area contributed by atoms with Crippen LogP contribution in [0.1, 0.15) is 5.56 Å². The average Bonchev–Trinajstić information content (AvgIpc) is 2.37. The molecular formula is C14H12ClF2NS. The van der Waals surface area contributed by atoms with Crippen molar-refractivity contribution < 1.29 is 8.78 Å². The second-order valence-electron chi connectivity index (χ2n) is 3.89. The first kappa shape index (κ1) is 14.2. The Morgan fingerprint density at radius 1 is 1.11 bits per heavy atom. The summed E-state index contributed by atoms with van der Waals surface area (Å²) in [5, 5.41) is 3.91. The lowest BCUT2D eigenvalue weighted by molar-refractivity contribution is 0.252. The molecule has 19 heavy (non-hydrogen) atoms. The van der Waals surface area contributed by atoms with Crippen LogP contribution in [0.4, 0.5) is 14.5 Å². The number of alkyl halides is 2. The minimum Gasteiger partial charge on any atom is -0.381 e. The van der Waals surface area contributed by atoms with Crippen LogP contribution in [-0.2, 0) is 6.54 Å². The molecule has 100 valence electrons. The van der Waals surface area contributed by atoms with E-state index >= 15 is 0 Å². The quantitative estimate of drug-likeness (QED) is 0.755. The van der Waals surface area contributed by atoms with Gasteiger partial charge in [0.05, 0.1) is 0 Å². The fourth-order valence-corrected chi connectivity index (χ4v) is 2.32. The lowest BCUT2D eigenvalue weighted by Crippen LogP contribution is -1.98. The van der Waals surface area contributed by atoms with Gasteiger partial charge in [-0.3, -0.25) is 0 Å². The molecule has 2 aromatic carbocycles. The van der Waals surface area contributed by atoms with E-state index in [0.29, 0.717) is 28.2 Å². The zero-order valence-electron chi connectivity index (χ0n) is 9.95. The van der Waals surface area contributed by atoms with Gasteiger partial charge in [-0.15, -0.1) is 0 Å². The van der Waals surface area contributed by atoms with Crippen LogP contribution in [-0.4, -0.2) is 5.76 Å². The smallest absolute Gasteiger partial charge is 0.288 e. The molecule has 0 unspecified atom stereocenters. The first-order valence-electron chi connectivity index (χ1n) is 5.67. The molecule has 0 aliphatic heterocycles. The molecule has 0 saturated carbocycles. The van der Waals surface area contributed by atoms with Gasteiger partial charge >= 0.3 is 0 Å². The summed E-state index contributed by atoms with van der Waals surface area (Å²) >= 11 is 6.44. The monoisotopic (exact) mass is 299 g/mol. The molecule has 0 amide bonds. The van der Waals surface area contributed by atoms with Gasteiger partial charge in [0.25, 0.3) is 5.76 Å². The zero-order chi connectivity index (χ0) is 13.7. The Balaban J connectivity index is 1.93. The number of hydrogen-bond donors (Lipinski definition) is 1.